The van der Waals surface area contributed by atoms with Crippen molar-refractivity contribution in [3.63, 3.8) is 0 Å². The summed E-state index contributed by atoms with van der Waals surface area (Å²) in [6.45, 7) is 24.5. The van der Waals surface area contributed by atoms with Crippen LogP contribution in [0.3, 0.4) is 0 Å². The highest BCUT2D eigenvalue weighted by atomic mass is 16.5. The zero-order valence-electron chi connectivity index (χ0n) is 42.2. The van der Waals surface area contributed by atoms with E-state index in [0.717, 1.165) is 65.3 Å². The Bertz CT molecular complexity index is 3270. The van der Waals surface area contributed by atoms with Crippen LogP contribution in [0, 0.1) is 17.8 Å². The number of ether oxygens (including phenoxy) is 4. The first kappa shape index (κ1) is 44.8. The van der Waals surface area contributed by atoms with Gasteiger partial charge in [0.1, 0.15) is 0 Å². The summed E-state index contributed by atoms with van der Waals surface area (Å²) < 4.78 is 24.8. The summed E-state index contributed by atoms with van der Waals surface area (Å²) in [6, 6.07) is 47.7. The molecule has 352 valence electrons. The van der Waals surface area contributed by atoms with Gasteiger partial charge >= 0.3 is 0 Å². The Morgan fingerprint density at radius 1 is 0.507 bits per heavy atom. The topological polar surface area (TPSA) is 36.9 Å². The third kappa shape index (κ3) is 7.14. The zero-order chi connectivity index (χ0) is 47.5. The second kappa shape index (κ2) is 16.4. The highest BCUT2D eigenvalue weighted by Gasteiger charge is 2.46. The molecule has 0 saturated carbocycles. The normalized spacial score (nSPS) is 19.4. The molecule has 2 fully saturated rings. The maximum absolute atomic E-state index is 6.97. The van der Waals surface area contributed by atoms with Crippen LogP contribution in [0.4, 0.5) is 0 Å². The van der Waals surface area contributed by atoms with Crippen LogP contribution in [0.2, 0.25) is 0 Å². The van der Waals surface area contributed by atoms with Crippen LogP contribution in [0.15, 0.2) is 121 Å². The molecule has 69 heavy (non-hydrogen) atoms. The Labute approximate surface area is 409 Å². The van der Waals surface area contributed by atoms with Gasteiger partial charge < -0.3 is 18.9 Å². The SMILES string of the molecule is CCC1(COCCCC2(COCC3(CC)COC3)c3cc(C)ccc3-c3ccc(-c4ccc5c(c4)C(C)(C)c4cc(-c6ccc7ccc8cc(C(C)(C)C)cc9ccc6c7c89)ccc4-5)cc32)COC1. The average Bonchev–Trinajstić information content (AvgIpc) is 3.71. The molecule has 2 saturated heterocycles. The Balaban J connectivity index is 0.891. The molecule has 0 radical (unpaired) electrons. The van der Waals surface area contributed by atoms with E-state index in [2.05, 4.69) is 177 Å². The zero-order valence-corrected chi connectivity index (χ0v) is 42.2. The van der Waals surface area contributed by atoms with Gasteiger partial charge in [-0.2, -0.15) is 0 Å². The minimum absolute atomic E-state index is 0.0860. The molecule has 0 aromatic heterocycles. The van der Waals surface area contributed by atoms with E-state index in [9.17, 15) is 0 Å². The van der Waals surface area contributed by atoms with E-state index in [0.29, 0.717) is 13.2 Å². The highest BCUT2D eigenvalue weighted by Crippen LogP contribution is 2.55. The van der Waals surface area contributed by atoms with Crippen molar-refractivity contribution in [1.29, 1.82) is 0 Å². The Hall–Kier alpha value is -5.36. The molecule has 4 heteroatoms. The summed E-state index contributed by atoms with van der Waals surface area (Å²) in [4.78, 5) is 0. The predicted molar refractivity (Wildman–Crippen MR) is 286 cm³/mol. The van der Waals surface area contributed by atoms with Gasteiger partial charge in [-0.15, -0.1) is 0 Å². The van der Waals surface area contributed by atoms with E-state index in [-0.39, 0.29) is 27.1 Å². The summed E-state index contributed by atoms with van der Waals surface area (Å²) in [5.41, 5.74) is 18.5. The molecule has 12 rings (SSSR count). The van der Waals surface area contributed by atoms with E-state index < -0.39 is 0 Å². The molecule has 0 amide bonds. The lowest BCUT2D eigenvalue weighted by atomic mass is 9.74. The Morgan fingerprint density at radius 3 is 1.62 bits per heavy atom. The predicted octanol–water partition coefficient (Wildman–Crippen LogP) is 15.8. The standard InChI is InChI=1S/C65H68O4/c1-9-63(35-67-36-63)34-66-27-11-26-65(40-69-39-64(10-2)37-68-38-64)57-28-41(3)12-20-52(57)53-23-17-44(32-58(53)65)43-16-22-50-51-24-18-45(33-56(51)62(7,8)55(50)31-43)49-21-15-42-13-14-46-29-48(61(4,5)6)30-47-19-25-54(49)60(42)59(46)47/h12-25,28-33H,9-11,26-27,34-40H2,1-8H3. The second-order valence-corrected chi connectivity index (χ2v) is 23.3. The molecule has 1 atom stereocenters. The number of benzene rings is 8. The third-order valence-electron chi connectivity index (χ3n) is 17.5. The Morgan fingerprint density at radius 2 is 1.01 bits per heavy atom. The van der Waals surface area contributed by atoms with Crippen molar-refractivity contribution in [2.24, 2.45) is 10.8 Å². The summed E-state index contributed by atoms with van der Waals surface area (Å²) in [5, 5.41) is 8.02. The average molecular weight is 913 g/mol. The molecular weight excluding hydrogens is 845 g/mol. The number of aryl methyl sites for hydroxylation is 1. The second-order valence-electron chi connectivity index (χ2n) is 23.3. The van der Waals surface area contributed by atoms with Crippen LogP contribution in [0.1, 0.15) is 108 Å². The van der Waals surface area contributed by atoms with Crippen LogP contribution in [0.5, 0.6) is 0 Å². The van der Waals surface area contributed by atoms with Crippen molar-refractivity contribution in [3.05, 3.63) is 155 Å². The fourth-order valence-corrected chi connectivity index (χ4v) is 12.6. The number of fused-ring (bicyclic) bond motifs is 6. The van der Waals surface area contributed by atoms with E-state index in [1.807, 2.05) is 0 Å². The summed E-state index contributed by atoms with van der Waals surface area (Å²) in [7, 11) is 0. The summed E-state index contributed by atoms with van der Waals surface area (Å²) >= 11 is 0. The Kier molecular flexibility index (Phi) is 10.6. The summed E-state index contributed by atoms with van der Waals surface area (Å²) in [6.07, 6.45) is 4.05. The lowest BCUT2D eigenvalue weighted by Crippen LogP contribution is -2.46. The lowest BCUT2D eigenvalue weighted by molar-refractivity contribution is -0.154. The molecule has 4 nitrogen and oxygen atoms in total. The van der Waals surface area contributed by atoms with Crippen molar-refractivity contribution in [2.45, 2.75) is 97.3 Å². The van der Waals surface area contributed by atoms with Gasteiger partial charge in [0, 0.05) is 28.3 Å². The van der Waals surface area contributed by atoms with Gasteiger partial charge in [0.25, 0.3) is 0 Å². The van der Waals surface area contributed by atoms with Gasteiger partial charge in [0.2, 0.25) is 0 Å². The van der Waals surface area contributed by atoms with Crippen molar-refractivity contribution in [3.8, 4) is 44.5 Å². The third-order valence-corrected chi connectivity index (χ3v) is 17.5. The maximum atomic E-state index is 6.97. The van der Waals surface area contributed by atoms with Gasteiger partial charge in [0.15, 0.2) is 0 Å². The first-order valence-electron chi connectivity index (χ1n) is 25.8. The van der Waals surface area contributed by atoms with Gasteiger partial charge in [-0.3, -0.25) is 0 Å². The minimum atomic E-state index is -0.305. The van der Waals surface area contributed by atoms with Gasteiger partial charge in [0.05, 0.1) is 46.2 Å². The molecule has 4 aliphatic rings. The minimum Gasteiger partial charge on any atom is -0.381 e. The van der Waals surface area contributed by atoms with Crippen LogP contribution >= 0.6 is 0 Å². The van der Waals surface area contributed by atoms with Crippen molar-refractivity contribution in [1.82, 2.24) is 0 Å². The van der Waals surface area contributed by atoms with Crippen molar-refractivity contribution in [2.75, 3.05) is 52.9 Å². The number of hydrogen-bond acceptors (Lipinski definition) is 4. The molecule has 0 spiro atoms. The first-order valence-corrected chi connectivity index (χ1v) is 25.8. The lowest BCUT2D eigenvalue weighted by Gasteiger charge is -2.42. The first-order chi connectivity index (χ1) is 33.3. The quantitative estimate of drug-likeness (QED) is 0.0805. The van der Waals surface area contributed by atoms with Crippen LogP contribution in [-0.2, 0) is 35.2 Å². The number of rotatable bonds is 14. The molecule has 8 aromatic carbocycles. The van der Waals surface area contributed by atoms with E-state index in [1.54, 1.807) is 0 Å². The molecule has 2 heterocycles. The van der Waals surface area contributed by atoms with Crippen LogP contribution in [-0.4, -0.2) is 52.9 Å². The fraction of sp³-hybridized carbons (Fsp3) is 0.385. The summed E-state index contributed by atoms with van der Waals surface area (Å²) in [5.74, 6) is 0. The molecule has 8 aromatic rings. The van der Waals surface area contributed by atoms with Crippen molar-refractivity contribution < 1.29 is 18.9 Å². The molecule has 2 aliphatic carbocycles. The van der Waals surface area contributed by atoms with E-state index in [1.165, 1.54) is 110 Å². The molecule has 1 unspecified atom stereocenters. The van der Waals surface area contributed by atoms with E-state index >= 15 is 0 Å². The molecule has 0 bridgehead atoms. The highest BCUT2D eigenvalue weighted by molar-refractivity contribution is 6.25. The van der Waals surface area contributed by atoms with Gasteiger partial charge in [-0.1, -0.05) is 157 Å². The van der Waals surface area contributed by atoms with Gasteiger partial charge in [-0.25, -0.2) is 0 Å². The maximum Gasteiger partial charge on any atom is 0.0604 e. The largest absolute Gasteiger partial charge is 0.381 e. The monoisotopic (exact) mass is 913 g/mol. The van der Waals surface area contributed by atoms with E-state index in [4.69, 9.17) is 18.9 Å². The number of hydrogen-bond donors (Lipinski definition) is 0. The molecule has 0 N–H and O–H groups in total. The smallest absolute Gasteiger partial charge is 0.0604 e. The molecular formula is C65H68O4. The van der Waals surface area contributed by atoms with Crippen LogP contribution < -0.4 is 0 Å². The fourth-order valence-electron chi connectivity index (χ4n) is 12.6. The van der Waals surface area contributed by atoms with Crippen LogP contribution in [0.25, 0.3) is 76.8 Å². The van der Waals surface area contributed by atoms with Gasteiger partial charge in [-0.05, 0) is 161 Å². The molecule has 2 aliphatic heterocycles. The van der Waals surface area contributed by atoms with Crippen molar-refractivity contribution >= 4 is 32.3 Å².